The monoisotopic (exact) mass is 238 g/mol. The van der Waals surface area contributed by atoms with Gasteiger partial charge in [0.15, 0.2) is 0 Å². The zero-order valence-corrected chi connectivity index (χ0v) is 11.0. The molecule has 0 spiro atoms. The Kier molecular flexibility index (Phi) is 5.99. The Morgan fingerprint density at radius 1 is 1.47 bits per heavy atom. The molecule has 1 N–H and O–H groups in total. The molecule has 1 radical (unpaired) electrons. The fraction of sp³-hybridized carbons (Fsp3) is 0.143. The number of rotatable bonds is 3. The molecular formula is C7H7N2NaO4S-. The summed E-state index contributed by atoms with van der Waals surface area (Å²) < 4.78 is 22.7. The topological polar surface area (TPSA) is 95.3 Å². The van der Waals surface area contributed by atoms with E-state index in [1.165, 1.54) is 18.2 Å². The van der Waals surface area contributed by atoms with Crippen molar-refractivity contribution in [2.24, 2.45) is 0 Å². The predicted molar refractivity (Wildman–Crippen MR) is 56.1 cm³/mol. The molecule has 1 aromatic rings. The second kappa shape index (κ2) is 6.19. The van der Waals surface area contributed by atoms with Gasteiger partial charge in [-0.2, -0.15) is 0 Å². The number of nitrogens with zero attached hydrogens (tertiary/aromatic N) is 1. The predicted octanol–water partition coefficient (Wildman–Crippen LogP) is 0.728. The summed E-state index contributed by atoms with van der Waals surface area (Å²) in [4.78, 5) is 9.79. The second-order valence-corrected chi connectivity index (χ2v) is 3.27. The number of hydrogen-bond acceptors (Lipinski definition) is 4. The Morgan fingerprint density at radius 3 is 2.53 bits per heavy atom. The fourth-order valence-electron chi connectivity index (χ4n) is 0.923. The summed E-state index contributed by atoms with van der Waals surface area (Å²) in [5, 5.41) is 10.4. The van der Waals surface area contributed by atoms with Gasteiger partial charge >= 0.3 is 0 Å². The van der Waals surface area contributed by atoms with Crippen molar-refractivity contribution < 1.29 is 13.7 Å². The molecule has 0 saturated carbocycles. The van der Waals surface area contributed by atoms with E-state index in [0.717, 1.165) is 0 Å². The van der Waals surface area contributed by atoms with Crippen LogP contribution in [0.15, 0.2) is 18.2 Å². The molecule has 0 amide bonds. The zero-order chi connectivity index (χ0) is 10.7. The molecule has 0 bridgehead atoms. The number of anilines is 1. The van der Waals surface area contributed by atoms with Crippen molar-refractivity contribution in [2.75, 3.05) is 4.72 Å². The van der Waals surface area contributed by atoms with Crippen molar-refractivity contribution in [2.45, 2.75) is 6.92 Å². The smallest absolute Gasteiger partial charge is 0.271 e. The van der Waals surface area contributed by atoms with Crippen LogP contribution in [-0.2, 0) is 11.3 Å². The van der Waals surface area contributed by atoms with E-state index in [-0.39, 0.29) is 40.9 Å². The number of nitro benzene ring substituents is 1. The van der Waals surface area contributed by atoms with Crippen LogP contribution in [0.2, 0.25) is 0 Å². The minimum Gasteiger partial charge on any atom is -0.755 e. The quantitative estimate of drug-likeness (QED) is 0.363. The maximum Gasteiger partial charge on any atom is 0.271 e. The van der Waals surface area contributed by atoms with Crippen LogP contribution in [0.1, 0.15) is 5.56 Å². The molecule has 1 aromatic carbocycles. The van der Waals surface area contributed by atoms with Gasteiger partial charge in [-0.05, 0) is 12.5 Å². The van der Waals surface area contributed by atoms with E-state index < -0.39 is 16.2 Å². The van der Waals surface area contributed by atoms with Crippen molar-refractivity contribution in [1.29, 1.82) is 0 Å². The summed E-state index contributed by atoms with van der Waals surface area (Å²) in [6.45, 7) is 1.65. The largest absolute Gasteiger partial charge is 0.755 e. The van der Waals surface area contributed by atoms with Crippen molar-refractivity contribution in [3.8, 4) is 0 Å². The summed E-state index contributed by atoms with van der Waals surface area (Å²) in [5.41, 5.74) is 0.691. The first kappa shape index (κ1) is 14.5. The standard InChI is InChI=1S/C7H8N2O4S.Na/c1-5-2-3-6(9(10)11)4-7(5)8-14(12)13;/h2-4,8H,1H3,(H,12,13);/p-1. The average Bonchev–Trinajstić information content (AvgIpc) is 2.07. The molecule has 0 aliphatic rings. The van der Waals surface area contributed by atoms with E-state index in [0.29, 0.717) is 5.56 Å². The van der Waals surface area contributed by atoms with Gasteiger partial charge in [-0.15, -0.1) is 0 Å². The van der Waals surface area contributed by atoms with Gasteiger partial charge < -0.3 is 9.27 Å². The number of nitrogens with one attached hydrogen (secondary N) is 1. The van der Waals surface area contributed by atoms with Crippen molar-refractivity contribution in [1.82, 2.24) is 0 Å². The van der Waals surface area contributed by atoms with E-state index in [1.54, 1.807) is 6.92 Å². The Morgan fingerprint density at radius 2 is 2.07 bits per heavy atom. The van der Waals surface area contributed by atoms with Crippen LogP contribution >= 0.6 is 0 Å². The Labute approximate surface area is 111 Å². The molecule has 1 atom stereocenters. The molecule has 1 unspecified atom stereocenters. The second-order valence-electron chi connectivity index (χ2n) is 2.59. The number of benzene rings is 1. The Balaban J connectivity index is 0.00000196. The van der Waals surface area contributed by atoms with Gasteiger partial charge in [0, 0.05) is 53.0 Å². The Bertz CT molecular complexity index is 399. The molecule has 0 fully saturated rings. The van der Waals surface area contributed by atoms with E-state index >= 15 is 0 Å². The third kappa shape index (κ3) is 4.27. The van der Waals surface area contributed by atoms with Gasteiger partial charge in [-0.3, -0.25) is 14.3 Å². The molecule has 77 valence electrons. The number of non-ortho nitro benzene ring substituents is 1. The molecule has 0 saturated heterocycles. The summed E-state index contributed by atoms with van der Waals surface area (Å²) in [7, 11) is 0. The molecular weight excluding hydrogens is 231 g/mol. The molecule has 0 aliphatic heterocycles. The van der Waals surface area contributed by atoms with Gasteiger partial charge in [0.2, 0.25) is 0 Å². The van der Waals surface area contributed by atoms with Crippen LogP contribution < -0.4 is 4.72 Å². The third-order valence-electron chi connectivity index (χ3n) is 1.63. The van der Waals surface area contributed by atoms with Crippen LogP contribution in [0, 0.1) is 17.0 Å². The maximum absolute atomic E-state index is 10.4. The minimum absolute atomic E-state index is 0. The molecule has 0 aromatic heterocycles. The molecule has 6 nitrogen and oxygen atoms in total. The van der Waals surface area contributed by atoms with Crippen LogP contribution in [0.3, 0.4) is 0 Å². The van der Waals surface area contributed by atoms with E-state index in [1.807, 2.05) is 0 Å². The van der Waals surface area contributed by atoms with Gasteiger partial charge in [0.25, 0.3) is 5.69 Å². The summed E-state index contributed by atoms with van der Waals surface area (Å²) >= 11 is -2.47. The van der Waals surface area contributed by atoms with Gasteiger partial charge in [0.1, 0.15) is 0 Å². The zero-order valence-electron chi connectivity index (χ0n) is 8.22. The molecule has 8 heteroatoms. The van der Waals surface area contributed by atoms with Crippen LogP contribution in [0.4, 0.5) is 11.4 Å². The Hall–Kier alpha value is -0.470. The van der Waals surface area contributed by atoms with E-state index in [9.17, 15) is 18.9 Å². The van der Waals surface area contributed by atoms with Crippen LogP contribution in [0.25, 0.3) is 0 Å². The van der Waals surface area contributed by atoms with Gasteiger partial charge in [-0.1, -0.05) is 6.07 Å². The van der Waals surface area contributed by atoms with Crippen LogP contribution in [-0.4, -0.2) is 43.2 Å². The van der Waals surface area contributed by atoms with Gasteiger partial charge in [-0.25, -0.2) is 0 Å². The molecule has 0 aliphatic carbocycles. The first-order valence-electron chi connectivity index (χ1n) is 3.61. The summed E-state index contributed by atoms with van der Waals surface area (Å²) in [6, 6.07) is 3.96. The average molecular weight is 238 g/mol. The number of hydrogen-bond donors (Lipinski definition) is 1. The number of aryl methyl sites for hydroxylation is 1. The summed E-state index contributed by atoms with van der Waals surface area (Å²) in [6.07, 6.45) is 0. The SMILES string of the molecule is Cc1ccc([N+](=O)[O-])cc1NS(=O)[O-].[Na]. The van der Waals surface area contributed by atoms with Crippen LogP contribution in [0.5, 0.6) is 0 Å². The number of nitro groups is 1. The van der Waals surface area contributed by atoms with E-state index in [2.05, 4.69) is 4.72 Å². The maximum atomic E-state index is 10.4. The van der Waals surface area contributed by atoms with Gasteiger partial charge in [0.05, 0.1) is 10.6 Å². The van der Waals surface area contributed by atoms with Crippen molar-refractivity contribution in [3.05, 3.63) is 33.9 Å². The third-order valence-corrected chi connectivity index (χ3v) is 2.01. The molecule has 1 rings (SSSR count). The van der Waals surface area contributed by atoms with E-state index in [4.69, 9.17) is 0 Å². The molecule has 0 heterocycles. The normalized spacial score (nSPS) is 11.3. The molecule has 15 heavy (non-hydrogen) atoms. The first-order valence-corrected chi connectivity index (χ1v) is 4.69. The summed E-state index contributed by atoms with van der Waals surface area (Å²) in [5.74, 6) is 0. The minimum atomic E-state index is -2.47. The fourth-order valence-corrected chi connectivity index (χ4v) is 1.32. The first-order chi connectivity index (χ1) is 6.50. The van der Waals surface area contributed by atoms with Crippen molar-refractivity contribution in [3.63, 3.8) is 0 Å². The van der Waals surface area contributed by atoms with Crippen molar-refractivity contribution >= 4 is 52.2 Å².